The summed E-state index contributed by atoms with van der Waals surface area (Å²) in [4.78, 5) is 28.6. The van der Waals surface area contributed by atoms with Crippen LogP contribution in [0.25, 0.3) is 0 Å². The van der Waals surface area contributed by atoms with Crippen molar-refractivity contribution >= 4 is 23.4 Å². The Bertz CT molecular complexity index is 754. The Morgan fingerprint density at radius 3 is 2.62 bits per heavy atom. The summed E-state index contributed by atoms with van der Waals surface area (Å²) in [5.74, 6) is -0.237. The average Bonchev–Trinajstić information content (AvgIpc) is 2.56. The molecule has 24 heavy (non-hydrogen) atoms. The Morgan fingerprint density at radius 2 is 2.00 bits per heavy atom. The number of rotatable bonds is 7. The number of aryl methyl sites for hydroxylation is 2. The van der Waals surface area contributed by atoms with Gasteiger partial charge in [-0.05, 0) is 43.7 Å². The topological polar surface area (TPSA) is 64.0 Å². The molecule has 5 nitrogen and oxygen atoms in total. The number of amides is 1. The van der Waals surface area contributed by atoms with Gasteiger partial charge in [0.1, 0.15) is 6.54 Å². The number of nitrogens with one attached hydrogen (secondary N) is 1. The van der Waals surface area contributed by atoms with Crippen molar-refractivity contribution in [1.82, 2.24) is 9.55 Å². The Labute approximate surface area is 146 Å². The number of carbonyl (C=O) groups is 1. The second-order valence-electron chi connectivity index (χ2n) is 5.66. The highest BCUT2D eigenvalue weighted by atomic mass is 32.2. The first-order valence-electron chi connectivity index (χ1n) is 8.04. The number of aromatic nitrogens is 2. The number of thioether (sulfide) groups is 1. The summed E-state index contributed by atoms with van der Waals surface area (Å²) in [5.41, 5.74) is 2.44. The van der Waals surface area contributed by atoms with E-state index in [0.717, 1.165) is 24.9 Å². The minimum absolute atomic E-state index is 0.0418. The van der Waals surface area contributed by atoms with Gasteiger partial charge in [0.15, 0.2) is 5.16 Å². The van der Waals surface area contributed by atoms with Crippen molar-refractivity contribution in [2.24, 2.45) is 0 Å². The highest BCUT2D eigenvalue weighted by Gasteiger charge is 2.11. The second kappa shape index (κ2) is 8.68. The lowest BCUT2D eigenvalue weighted by atomic mass is 10.1. The van der Waals surface area contributed by atoms with Gasteiger partial charge in [-0.3, -0.25) is 14.2 Å². The molecule has 1 heterocycles. The van der Waals surface area contributed by atoms with Gasteiger partial charge in [0, 0.05) is 17.4 Å². The molecule has 0 aliphatic carbocycles. The highest BCUT2D eigenvalue weighted by molar-refractivity contribution is 7.98. The maximum Gasteiger partial charge on any atom is 0.254 e. The molecule has 1 aromatic heterocycles. The van der Waals surface area contributed by atoms with Crippen molar-refractivity contribution in [3.8, 4) is 0 Å². The van der Waals surface area contributed by atoms with Gasteiger partial charge in [0.25, 0.3) is 5.56 Å². The van der Waals surface area contributed by atoms with E-state index < -0.39 is 0 Å². The number of unbranched alkanes of at least 4 members (excludes halogenated alkanes) is 1. The lowest BCUT2D eigenvalue weighted by Crippen LogP contribution is -2.29. The van der Waals surface area contributed by atoms with Crippen molar-refractivity contribution < 1.29 is 4.79 Å². The van der Waals surface area contributed by atoms with Crippen LogP contribution in [0.4, 0.5) is 5.69 Å². The smallest absolute Gasteiger partial charge is 0.254 e. The largest absolute Gasteiger partial charge is 0.325 e. The van der Waals surface area contributed by atoms with Crippen molar-refractivity contribution in [3.63, 3.8) is 0 Å². The third kappa shape index (κ3) is 4.96. The summed E-state index contributed by atoms with van der Waals surface area (Å²) < 4.78 is 1.39. The third-order valence-electron chi connectivity index (χ3n) is 3.64. The predicted molar refractivity (Wildman–Crippen MR) is 98.7 cm³/mol. The molecule has 0 fully saturated rings. The number of hydrogen-bond donors (Lipinski definition) is 1. The molecule has 0 spiro atoms. The van der Waals surface area contributed by atoms with Gasteiger partial charge < -0.3 is 5.32 Å². The van der Waals surface area contributed by atoms with E-state index in [0.29, 0.717) is 10.9 Å². The van der Waals surface area contributed by atoms with Gasteiger partial charge in [0.05, 0.1) is 0 Å². The van der Waals surface area contributed by atoms with E-state index in [9.17, 15) is 9.59 Å². The van der Waals surface area contributed by atoms with Gasteiger partial charge in [-0.2, -0.15) is 0 Å². The van der Waals surface area contributed by atoms with Gasteiger partial charge >= 0.3 is 0 Å². The molecule has 0 radical (unpaired) electrons. The number of benzene rings is 1. The van der Waals surface area contributed by atoms with Crippen LogP contribution in [0.1, 0.15) is 31.0 Å². The molecule has 0 bridgehead atoms. The first-order valence-corrected chi connectivity index (χ1v) is 9.27. The van der Waals surface area contributed by atoms with Crippen molar-refractivity contribution in [1.29, 1.82) is 0 Å². The van der Waals surface area contributed by atoms with Crippen LogP contribution in [0.2, 0.25) is 0 Å². The molecule has 2 rings (SSSR count). The van der Waals surface area contributed by atoms with Crippen molar-refractivity contribution in [2.75, 3.05) is 11.6 Å². The van der Waals surface area contributed by atoms with Crippen LogP contribution in [0.5, 0.6) is 0 Å². The molecule has 1 N–H and O–H groups in total. The minimum Gasteiger partial charge on any atom is -0.325 e. The first kappa shape index (κ1) is 18.3. The van der Waals surface area contributed by atoms with Crippen LogP contribution in [0.3, 0.4) is 0 Å². The average molecular weight is 345 g/mol. The molecular formula is C18H23N3O2S. The number of anilines is 1. The molecule has 128 valence electrons. The Hall–Kier alpha value is -2.08. The van der Waals surface area contributed by atoms with Gasteiger partial charge in [0.2, 0.25) is 5.91 Å². The standard InChI is InChI=1S/C18H23N3O2S/c1-4-5-6-14-7-9-15(10-8-14)20-16(22)12-21-17(23)11-13(2)19-18(21)24-3/h7-11H,4-6,12H2,1-3H3,(H,20,22). The van der Waals surface area contributed by atoms with E-state index in [2.05, 4.69) is 17.2 Å². The maximum atomic E-state index is 12.2. The zero-order valence-electron chi connectivity index (χ0n) is 14.3. The predicted octanol–water partition coefficient (Wildman–Crippen LogP) is 3.25. The summed E-state index contributed by atoms with van der Waals surface area (Å²) in [5, 5.41) is 3.38. The van der Waals surface area contributed by atoms with Crippen molar-refractivity contribution in [3.05, 3.63) is 51.9 Å². The lowest BCUT2D eigenvalue weighted by Gasteiger charge is -2.11. The van der Waals surface area contributed by atoms with E-state index in [1.807, 2.05) is 30.5 Å². The molecule has 1 amide bonds. The molecule has 2 aromatic rings. The normalized spacial score (nSPS) is 10.6. The molecule has 0 atom stereocenters. The van der Waals surface area contributed by atoms with Crippen LogP contribution in [-0.2, 0) is 17.8 Å². The van der Waals surface area contributed by atoms with Gasteiger partial charge in [-0.15, -0.1) is 0 Å². The SMILES string of the molecule is CCCCc1ccc(NC(=O)Cn2c(SC)nc(C)cc2=O)cc1. The maximum absolute atomic E-state index is 12.2. The van der Waals surface area contributed by atoms with Gasteiger partial charge in [-0.25, -0.2) is 4.98 Å². The Kier molecular flexibility index (Phi) is 6.61. The first-order chi connectivity index (χ1) is 11.5. The van der Waals surface area contributed by atoms with E-state index in [1.165, 1.54) is 28.0 Å². The Balaban J connectivity index is 2.05. The molecule has 0 unspecified atom stereocenters. The van der Waals surface area contributed by atoms with E-state index >= 15 is 0 Å². The fourth-order valence-corrected chi connectivity index (χ4v) is 2.99. The second-order valence-corrected chi connectivity index (χ2v) is 6.43. The Morgan fingerprint density at radius 1 is 1.29 bits per heavy atom. The summed E-state index contributed by atoms with van der Waals surface area (Å²) >= 11 is 1.35. The van der Waals surface area contributed by atoms with Crippen LogP contribution < -0.4 is 10.9 Å². The summed E-state index contributed by atoms with van der Waals surface area (Å²) in [7, 11) is 0. The number of carbonyl (C=O) groups excluding carboxylic acids is 1. The molecule has 1 aromatic carbocycles. The lowest BCUT2D eigenvalue weighted by molar-refractivity contribution is -0.116. The molecule has 6 heteroatoms. The highest BCUT2D eigenvalue weighted by Crippen LogP contribution is 2.13. The number of nitrogens with zero attached hydrogens (tertiary/aromatic N) is 2. The molecule has 0 saturated carbocycles. The van der Waals surface area contributed by atoms with Crippen LogP contribution in [0.15, 0.2) is 40.3 Å². The van der Waals surface area contributed by atoms with E-state index in [1.54, 1.807) is 6.92 Å². The van der Waals surface area contributed by atoms with E-state index in [-0.39, 0.29) is 18.0 Å². The fourth-order valence-electron chi connectivity index (χ4n) is 2.38. The summed E-state index contributed by atoms with van der Waals surface area (Å²) in [6.45, 7) is 3.89. The van der Waals surface area contributed by atoms with Gasteiger partial charge in [-0.1, -0.05) is 37.2 Å². The molecule has 0 saturated heterocycles. The zero-order valence-corrected chi connectivity index (χ0v) is 15.2. The summed E-state index contributed by atoms with van der Waals surface area (Å²) in [6.07, 6.45) is 5.21. The van der Waals surface area contributed by atoms with Crippen LogP contribution >= 0.6 is 11.8 Å². The molecule has 0 aliphatic rings. The fraction of sp³-hybridized carbons (Fsp3) is 0.389. The molecule has 0 aliphatic heterocycles. The van der Waals surface area contributed by atoms with Crippen molar-refractivity contribution in [2.45, 2.75) is 44.8 Å². The number of hydrogen-bond acceptors (Lipinski definition) is 4. The zero-order chi connectivity index (χ0) is 17.5. The summed E-state index contributed by atoms with van der Waals surface area (Å²) in [6, 6.07) is 9.29. The molecular weight excluding hydrogens is 322 g/mol. The minimum atomic E-state index is -0.237. The van der Waals surface area contributed by atoms with Crippen LogP contribution in [-0.4, -0.2) is 21.7 Å². The third-order valence-corrected chi connectivity index (χ3v) is 4.32. The van der Waals surface area contributed by atoms with E-state index in [4.69, 9.17) is 0 Å². The van der Waals surface area contributed by atoms with Crippen LogP contribution in [0, 0.1) is 6.92 Å². The quantitative estimate of drug-likeness (QED) is 0.618. The monoisotopic (exact) mass is 345 g/mol.